The average Bonchev–Trinajstić information content (AvgIpc) is 2.38. The van der Waals surface area contributed by atoms with Crippen LogP contribution in [0.25, 0.3) is 0 Å². The molecule has 2 rings (SSSR count). The number of hydrogen-bond donors (Lipinski definition) is 1. The van der Waals surface area contributed by atoms with Crippen LogP contribution in [0.5, 0.6) is 0 Å². The minimum atomic E-state index is -0.509. The summed E-state index contributed by atoms with van der Waals surface area (Å²) in [6.07, 6.45) is -0.509. The molecule has 0 aliphatic rings. The van der Waals surface area contributed by atoms with E-state index in [4.69, 9.17) is 11.6 Å². The predicted molar refractivity (Wildman–Crippen MR) is 83.2 cm³/mol. The largest absolute Gasteiger partial charge is 0.389 e. The van der Waals surface area contributed by atoms with Gasteiger partial charge in [-0.25, -0.2) is 0 Å². The van der Waals surface area contributed by atoms with Crippen molar-refractivity contribution in [2.75, 3.05) is 11.9 Å². The van der Waals surface area contributed by atoms with Crippen molar-refractivity contribution in [1.29, 1.82) is 0 Å². The number of pyridine rings is 1. The molecule has 1 aromatic carbocycles. The fourth-order valence-electron chi connectivity index (χ4n) is 2.11. The Kier molecular flexibility index (Phi) is 4.63. The molecule has 0 aliphatic carbocycles. The normalized spacial score (nSPS) is 12.2. The number of halogens is 1. The lowest BCUT2D eigenvalue weighted by molar-refractivity contribution is 0.199. The van der Waals surface area contributed by atoms with Gasteiger partial charge in [0.1, 0.15) is 0 Å². The van der Waals surface area contributed by atoms with Crippen LogP contribution in [0.15, 0.2) is 36.4 Å². The van der Waals surface area contributed by atoms with Crippen molar-refractivity contribution < 1.29 is 5.11 Å². The zero-order valence-corrected chi connectivity index (χ0v) is 12.7. The minimum absolute atomic E-state index is 0.509. The Morgan fingerprint density at radius 3 is 2.65 bits per heavy atom. The number of anilines is 1. The average molecular weight is 291 g/mol. The van der Waals surface area contributed by atoms with Gasteiger partial charge in [-0.05, 0) is 43.7 Å². The number of rotatable bonds is 4. The van der Waals surface area contributed by atoms with Crippen molar-refractivity contribution in [3.05, 3.63) is 58.4 Å². The van der Waals surface area contributed by atoms with E-state index < -0.39 is 6.10 Å². The quantitative estimate of drug-likeness (QED) is 0.932. The highest BCUT2D eigenvalue weighted by Gasteiger charge is 2.10. The van der Waals surface area contributed by atoms with Crippen LogP contribution in [-0.4, -0.2) is 17.1 Å². The summed E-state index contributed by atoms with van der Waals surface area (Å²) in [5.74, 6) is 0. The molecule has 1 heterocycles. The Morgan fingerprint density at radius 2 is 2.05 bits per heavy atom. The van der Waals surface area contributed by atoms with E-state index in [1.54, 1.807) is 6.92 Å². The fourth-order valence-corrected chi connectivity index (χ4v) is 2.44. The topological polar surface area (TPSA) is 36.4 Å². The maximum Gasteiger partial charge on any atom is 0.0762 e. The molecular formula is C16H19ClN2O. The Bertz CT molecular complexity index is 599. The maximum atomic E-state index is 9.56. The first-order chi connectivity index (χ1) is 9.47. The Labute approximate surface area is 124 Å². The third kappa shape index (κ3) is 3.50. The highest BCUT2D eigenvalue weighted by atomic mass is 35.5. The van der Waals surface area contributed by atoms with Gasteiger partial charge in [0, 0.05) is 12.7 Å². The van der Waals surface area contributed by atoms with E-state index >= 15 is 0 Å². The van der Waals surface area contributed by atoms with Crippen LogP contribution < -0.4 is 4.90 Å². The van der Waals surface area contributed by atoms with Gasteiger partial charge in [0.15, 0.2) is 0 Å². The number of benzene rings is 1. The molecule has 0 amide bonds. The van der Waals surface area contributed by atoms with Crippen LogP contribution in [0, 0.1) is 6.92 Å². The molecule has 1 aromatic heterocycles. The second-order valence-corrected chi connectivity index (χ2v) is 5.42. The molecule has 1 unspecified atom stereocenters. The summed E-state index contributed by atoms with van der Waals surface area (Å²) < 4.78 is 0. The number of aliphatic hydroxyl groups is 1. The molecule has 106 valence electrons. The van der Waals surface area contributed by atoms with E-state index in [0.29, 0.717) is 11.6 Å². The van der Waals surface area contributed by atoms with Gasteiger partial charge in [-0.15, -0.1) is 0 Å². The van der Waals surface area contributed by atoms with Crippen molar-refractivity contribution in [3.8, 4) is 0 Å². The predicted octanol–water partition coefficient (Wildman–Crippen LogP) is 3.73. The molecule has 0 spiro atoms. The molecule has 0 radical (unpaired) electrons. The van der Waals surface area contributed by atoms with E-state index in [1.807, 2.05) is 50.4 Å². The minimum Gasteiger partial charge on any atom is -0.389 e. The lowest BCUT2D eigenvalue weighted by Crippen LogP contribution is -2.18. The van der Waals surface area contributed by atoms with Gasteiger partial charge in [0.25, 0.3) is 0 Å². The summed E-state index contributed by atoms with van der Waals surface area (Å²) in [5, 5.41) is 10.2. The summed E-state index contributed by atoms with van der Waals surface area (Å²) in [6, 6.07) is 11.6. The van der Waals surface area contributed by atoms with E-state index in [-0.39, 0.29) is 0 Å². The molecule has 2 aromatic rings. The summed E-state index contributed by atoms with van der Waals surface area (Å²) in [6.45, 7) is 4.40. The number of hydrogen-bond acceptors (Lipinski definition) is 3. The molecule has 0 saturated carbocycles. The Hall–Kier alpha value is -1.58. The number of nitrogens with zero attached hydrogens (tertiary/aromatic N) is 2. The number of aromatic nitrogens is 1. The van der Waals surface area contributed by atoms with Gasteiger partial charge in [-0.3, -0.25) is 4.98 Å². The molecule has 0 fully saturated rings. The zero-order valence-electron chi connectivity index (χ0n) is 12.0. The molecule has 0 aliphatic heterocycles. The van der Waals surface area contributed by atoms with Crippen LogP contribution in [0.3, 0.4) is 0 Å². The van der Waals surface area contributed by atoms with Crippen LogP contribution in [0.2, 0.25) is 5.02 Å². The third-order valence-corrected chi connectivity index (χ3v) is 3.51. The van der Waals surface area contributed by atoms with E-state index in [9.17, 15) is 5.11 Å². The zero-order chi connectivity index (χ0) is 14.7. The van der Waals surface area contributed by atoms with Crippen molar-refractivity contribution in [1.82, 2.24) is 4.98 Å². The van der Waals surface area contributed by atoms with Crippen LogP contribution in [0.4, 0.5) is 5.69 Å². The molecule has 0 bridgehead atoms. The van der Waals surface area contributed by atoms with Crippen LogP contribution in [0.1, 0.15) is 30.0 Å². The highest BCUT2D eigenvalue weighted by Crippen LogP contribution is 2.29. The van der Waals surface area contributed by atoms with Gasteiger partial charge in [0.2, 0.25) is 0 Å². The second-order valence-electron chi connectivity index (χ2n) is 5.01. The molecule has 1 atom stereocenters. The summed E-state index contributed by atoms with van der Waals surface area (Å²) >= 11 is 6.29. The SMILES string of the molecule is Cc1cccc(CN(C)c2ccc(C(C)O)cc2Cl)n1. The van der Waals surface area contributed by atoms with Gasteiger partial charge in [-0.2, -0.15) is 0 Å². The van der Waals surface area contributed by atoms with Crippen molar-refractivity contribution in [2.45, 2.75) is 26.5 Å². The fraction of sp³-hybridized carbons (Fsp3) is 0.312. The van der Waals surface area contributed by atoms with Crippen molar-refractivity contribution in [3.63, 3.8) is 0 Å². The standard InChI is InChI=1S/C16H19ClN2O/c1-11-5-4-6-14(18-11)10-19(3)16-8-7-13(12(2)20)9-15(16)17/h4-9,12,20H,10H2,1-3H3. The Balaban J connectivity index is 2.19. The smallest absolute Gasteiger partial charge is 0.0762 e. The van der Waals surface area contributed by atoms with E-state index in [1.165, 1.54) is 0 Å². The first-order valence-electron chi connectivity index (χ1n) is 6.58. The molecule has 20 heavy (non-hydrogen) atoms. The van der Waals surface area contributed by atoms with E-state index in [2.05, 4.69) is 9.88 Å². The van der Waals surface area contributed by atoms with Gasteiger partial charge >= 0.3 is 0 Å². The van der Waals surface area contributed by atoms with Gasteiger partial charge in [-0.1, -0.05) is 23.7 Å². The molecule has 0 saturated heterocycles. The lowest BCUT2D eigenvalue weighted by atomic mass is 10.1. The second kappa shape index (κ2) is 6.25. The molecule has 1 N–H and O–H groups in total. The summed E-state index contributed by atoms with van der Waals surface area (Å²) in [4.78, 5) is 6.54. The van der Waals surface area contributed by atoms with E-state index in [0.717, 1.165) is 22.6 Å². The van der Waals surface area contributed by atoms with Gasteiger partial charge in [0.05, 0.1) is 29.1 Å². The highest BCUT2D eigenvalue weighted by molar-refractivity contribution is 6.33. The summed E-state index contributed by atoms with van der Waals surface area (Å²) in [5.41, 5.74) is 3.76. The van der Waals surface area contributed by atoms with Crippen LogP contribution >= 0.6 is 11.6 Å². The van der Waals surface area contributed by atoms with Gasteiger partial charge < -0.3 is 10.0 Å². The maximum absolute atomic E-state index is 9.56. The Morgan fingerprint density at radius 1 is 1.30 bits per heavy atom. The summed E-state index contributed by atoms with van der Waals surface area (Å²) in [7, 11) is 1.98. The first kappa shape index (κ1) is 14.8. The monoisotopic (exact) mass is 290 g/mol. The number of aryl methyl sites for hydroxylation is 1. The van der Waals surface area contributed by atoms with Crippen LogP contribution in [-0.2, 0) is 6.54 Å². The molecule has 4 heteroatoms. The molecule has 3 nitrogen and oxygen atoms in total. The third-order valence-electron chi connectivity index (χ3n) is 3.21. The van der Waals surface area contributed by atoms with Crippen molar-refractivity contribution >= 4 is 17.3 Å². The van der Waals surface area contributed by atoms with Crippen molar-refractivity contribution in [2.24, 2.45) is 0 Å². The lowest BCUT2D eigenvalue weighted by Gasteiger charge is -2.21. The molecular weight excluding hydrogens is 272 g/mol. The number of aliphatic hydroxyl groups excluding tert-OH is 1. The first-order valence-corrected chi connectivity index (χ1v) is 6.96.